The third-order valence-corrected chi connectivity index (χ3v) is 4.00. The van der Waals surface area contributed by atoms with Crippen molar-refractivity contribution in [2.24, 2.45) is 0 Å². The molecule has 0 amide bonds. The van der Waals surface area contributed by atoms with Gasteiger partial charge < -0.3 is 14.7 Å². The zero-order chi connectivity index (χ0) is 13.3. The summed E-state index contributed by atoms with van der Waals surface area (Å²) in [6.07, 6.45) is 1.59. The van der Waals surface area contributed by atoms with Gasteiger partial charge >= 0.3 is 0 Å². The smallest absolute Gasteiger partial charge is 0.142 e. The number of rotatable bonds is 2. The number of aryl methyl sites for hydroxylation is 1. The maximum Gasteiger partial charge on any atom is 0.142 e. The summed E-state index contributed by atoms with van der Waals surface area (Å²) in [6, 6.07) is 6.19. The van der Waals surface area contributed by atoms with E-state index in [9.17, 15) is 5.11 Å². The van der Waals surface area contributed by atoms with Gasteiger partial charge in [0.25, 0.3) is 0 Å². The number of ether oxygens (including phenoxy) is 1. The molecule has 1 aromatic carbocycles. The van der Waals surface area contributed by atoms with Crippen LogP contribution >= 0.6 is 0 Å². The lowest BCUT2D eigenvalue weighted by atomic mass is 9.86. The highest BCUT2D eigenvalue weighted by Gasteiger charge is 2.38. The van der Waals surface area contributed by atoms with Crippen LogP contribution in [0, 0.1) is 6.92 Å². The fraction of sp³-hybridized carbons (Fsp3) is 0.600. The summed E-state index contributed by atoms with van der Waals surface area (Å²) in [5, 5.41) is 10.2. The summed E-state index contributed by atoms with van der Waals surface area (Å²) in [7, 11) is 1.70. The van der Waals surface area contributed by atoms with E-state index >= 15 is 0 Å². The minimum Gasteiger partial charge on any atom is -0.495 e. The minimum atomic E-state index is -0.295. The monoisotopic (exact) mass is 249 g/mol. The standard InChI is InChI=1S/C15H23NO2/c1-11-7-8-13(18-4)12(10-11)16-9-5-6-14(17)15(16,2)3/h7-8,10,14,17H,5-6,9H2,1-4H3. The molecule has 1 heterocycles. The second-order valence-corrected chi connectivity index (χ2v) is 5.64. The molecule has 3 heteroatoms. The van der Waals surface area contributed by atoms with Crippen LogP contribution in [0.25, 0.3) is 0 Å². The van der Waals surface area contributed by atoms with Crippen molar-refractivity contribution in [3.05, 3.63) is 23.8 Å². The van der Waals surface area contributed by atoms with Gasteiger partial charge in [-0.25, -0.2) is 0 Å². The Morgan fingerprint density at radius 2 is 2.11 bits per heavy atom. The van der Waals surface area contributed by atoms with E-state index in [0.717, 1.165) is 30.8 Å². The minimum absolute atomic E-state index is 0.251. The van der Waals surface area contributed by atoms with Crippen LogP contribution in [0.15, 0.2) is 18.2 Å². The fourth-order valence-corrected chi connectivity index (χ4v) is 2.71. The van der Waals surface area contributed by atoms with Gasteiger partial charge in [-0.1, -0.05) is 6.07 Å². The predicted octanol–water partition coefficient (Wildman–Crippen LogP) is 2.74. The summed E-state index contributed by atoms with van der Waals surface area (Å²) in [5.41, 5.74) is 2.04. The van der Waals surface area contributed by atoms with Gasteiger partial charge in [-0.15, -0.1) is 0 Å². The molecule has 1 aromatic rings. The molecule has 1 unspecified atom stereocenters. The third-order valence-electron chi connectivity index (χ3n) is 4.00. The normalized spacial score (nSPS) is 22.9. The van der Waals surface area contributed by atoms with Crippen molar-refractivity contribution in [2.45, 2.75) is 45.3 Å². The number of aliphatic hydroxyl groups is 1. The molecule has 1 saturated heterocycles. The largest absolute Gasteiger partial charge is 0.495 e. The molecule has 0 spiro atoms. The first-order valence-electron chi connectivity index (χ1n) is 6.57. The first-order chi connectivity index (χ1) is 8.46. The van der Waals surface area contributed by atoms with E-state index in [2.05, 4.69) is 37.8 Å². The number of nitrogens with zero attached hydrogens (tertiary/aromatic N) is 1. The third kappa shape index (κ3) is 2.19. The van der Waals surface area contributed by atoms with E-state index in [1.54, 1.807) is 7.11 Å². The Balaban J connectivity index is 2.43. The van der Waals surface area contributed by atoms with Gasteiger partial charge in [0.2, 0.25) is 0 Å². The Kier molecular flexibility index (Phi) is 3.53. The van der Waals surface area contributed by atoms with Gasteiger partial charge in [0.1, 0.15) is 5.75 Å². The summed E-state index contributed by atoms with van der Waals surface area (Å²) in [4.78, 5) is 2.27. The van der Waals surface area contributed by atoms with Gasteiger partial charge in [-0.05, 0) is 51.3 Å². The highest BCUT2D eigenvalue weighted by atomic mass is 16.5. The Morgan fingerprint density at radius 3 is 2.78 bits per heavy atom. The molecule has 1 N–H and O–H groups in total. The first kappa shape index (κ1) is 13.2. The van der Waals surface area contributed by atoms with Crippen LogP contribution in [0.3, 0.4) is 0 Å². The van der Waals surface area contributed by atoms with Crippen LogP contribution in [0.1, 0.15) is 32.3 Å². The maximum atomic E-state index is 10.2. The molecule has 18 heavy (non-hydrogen) atoms. The van der Waals surface area contributed by atoms with Crippen molar-refractivity contribution in [1.29, 1.82) is 0 Å². The topological polar surface area (TPSA) is 32.7 Å². The summed E-state index contributed by atoms with van der Waals surface area (Å²) < 4.78 is 5.46. The van der Waals surface area contributed by atoms with Crippen LogP contribution in [0.4, 0.5) is 5.69 Å². The van der Waals surface area contributed by atoms with Crippen LogP contribution in [-0.4, -0.2) is 30.4 Å². The molecule has 0 aliphatic carbocycles. The first-order valence-corrected chi connectivity index (χ1v) is 6.57. The van der Waals surface area contributed by atoms with Gasteiger partial charge in [0.15, 0.2) is 0 Å². The number of aliphatic hydroxyl groups excluding tert-OH is 1. The Morgan fingerprint density at radius 1 is 1.39 bits per heavy atom. The predicted molar refractivity (Wildman–Crippen MR) is 74.4 cm³/mol. The van der Waals surface area contributed by atoms with Crippen molar-refractivity contribution in [3.63, 3.8) is 0 Å². The van der Waals surface area contributed by atoms with E-state index < -0.39 is 0 Å². The Labute approximate surface area is 109 Å². The van der Waals surface area contributed by atoms with E-state index in [1.807, 2.05) is 6.07 Å². The van der Waals surface area contributed by atoms with E-state index in [0.29, 0.717) is 0 Å². The van der Waals surface area contributed by atoms with Crippen molar-refractivity contribution < 1.29 is 9.84 Å². The molecule has 1 atom stereocenters. The SMILES string of the molecule is COc1ccc(C)cc1N1CCCC(O)C1(C)C. The van der Waals surface area contributed by atoms with Crippen LogP contribution < -0.4 is 9.64 Å². The summed E-state index contributed by atoms with van der Waals surface area (Å²) >= 11 is 0. The van der Waals surface area contributed by atoms with Gasteiger partial charge in [0, 0.05) is 6.54 Å². The van der Waals surface area contributed by atoms with Crippen LogP contribution in [0.5, 0.6) is 5.75 Å². The highest BCUT2D eigenvalue weighted by molar-refractivity contribution is 5.62. The lowest BCUT2D eigenvalue weighted by Gasteiger charge is -2.47. The average molecular weight is 249 g/mol. The van der Waals surface area contributed by atoms with Crippen molar-refractivity contribution in [1.82, 2.24) is 0 Å². The van der Waals surface area contributed by atoms with Gasteiger partial charge in [0.05, 0.1) is 24.4 Å². The van der Waals surface area contributed by atoms with Gasteiger partial charge in [-0.3, -0.25) is 0 Å². The maximum absolute atomic E-state index is 10.2. The molecule has 2 rings (SSSR count). The van der Waals surface area contributed by atoms with Crippen molar-refractivity contribution in [3.8, 4) is 5.75 Å². The molecule has 0 bridgehead atoms. The zero-order valence-corrected chi connectivity index (χ0v) is 11.7. The lowest BCUT2D eigenvalue weighted by Crippen LogP contribution is -2.56. The second kappa shape index (κ2) is 4.81. The molecular weight excluding hydrogens is 226 g/mol. The molecule has 1 aliphatic heterocycles. The van der Waals surface area contributed by atoms with Gasteiger partial charge in [-0.2, -0.15) is 0 Å². The number of benzene rings is 1. The van der Waals surface area contributed by atoms with Crippen molar-refractivity contribution >= 4 is 5.69 Å². The molecule has 100 valence electrons. The fourth-order valence-electron chi connectivity index (χ4n) is 2.71. The molecular formula is C15H23NO2. The van der Waals surface area contributed by atoms with Crippen molar-refractivity contribution in [2.75, 3.05) is 18.6 Å². The van der Waals surface area contributed by atoms with E-state index in [4.69, 9.17) is 4.74 Å². The number of anilines is 1. The summed E-state index contributed by atoms with van der Waals surface area (Å²) in [5.74, 6) is 0.878. The quantitative estimate of drug-likeness (QED) is 0.874. The van der Waals surface area contributed by atoms with E-state index in [1.165, 1.54) is 5.56 Å². The number of hydrogen-bond acceptors (Lipinski definition) is 3. The Hall–Kier alpha value is -1.22. The highest BCUT2D eigenvalue weighted by Crippen LogP contribution is 2.38. The molecule has 0 saturated carbocycles. The molecule has 1 aliphatic rings. The average Bonchev–Trinajstić information content (AvgIpc) is 2.32. The number of hydrogen-bond donors (Lipinski definition) is 1. The second-order valence-electron chi connectivity index (χ2n) is 5.64. The summed E-state index contributed by atoms with van der Waals surface area (Å²) in [6.45, 7) is 7.23. The number of piperidine rings is 1. The Bertz CT molecular complexity index is 429. The number of methoxy groups -OCH3 is 1. The molecule has 3 nitrogen and oxygen atoms in total. The lowest BCUT2D eigenvalue weighted by molar-refractivity contribution is 0.0709. The molecule has 0 aromatic heterocycles. The molecule has 0 radical (unpaired) electrons. The zero-order valence-electron chi connectivity index (χ0n) is 11.7. The molecule has 1 fully saturated rings. The van der Waals surface area contributed by atoms with Crippen LogP contribution in [-0.2, 0) is 0 Å². The van der Waals surface area contributed by atoms with Crippen LogP contribution in [0.2, 0.25) is 0 Å². The van der Waals surface area contributed by atoms with E-state index in [-0.39, 0.29) is 11.6 Å².